The first-order chi connectivity index (χ1) is 8.69. The van der Waals surface area contributed by atoms with Gasteiger partial charge in [0.05, 0.1) is 0 Å². The van der Waals surface area contributed by atoms with Crippen LogP contribution in [-0.2, 0) is 0 Å². The van der Waals surface area contributed by atoms with Crippen LogP contribution < -0.4 is 11.1 Å². The Labute approximate surface area is 113 Å². The van der Waals surface area contributed by atoms with Crippen LogP contribution in [0, 0.1) is 5.92 Å². The molecule has 0 saturated heterocycles. The highest BCUT2D eigenvalue weighted by molar-refractivity contribution is 7.98. The lowest BCUT2D eigenvalue weighted by molar-refractivity contribution is 0.328. The average Bonchev–Trinajstić information content (AvgIpc) is 2.39. The van der Waals surface area contributed by atoms with E-state index in [1.807, 2.05) is 12.3 Å². The lowest BCUT2D eigenvalue weighted by Crippen LogP contribution is -2.28. The maximum Gasteiger partial charge on any atom is 0.191 e. The first-order valence-corrected chi connectivity index (χ1v) is 7.86. The molecule has 1 aliphatic rings. The van der Waals surface area contributed by atoms with Crippen LogP contribution in [0.2, 0.25) is 0 Å². The molecule has 1 aromatic rings. The number of thioether (sulfide) groups is 1. The molecule has 0 bridgehead atoms. The van der Waals surface area contributed by atoms with Gasteiger partial charge in [-0.3, -0.25) is 0 Å². The van der Waals surface area contributed by atoms with Crippen molar-refractivity contribution in [2.45, 2.75) is 50.2 Å². The fourth-order valence-corrected chi connectivity index (χ4v) is 2.98. The van der Waals surface area contributed by atoms with E-state index in [0.29, 0.717) is 11.9 Å². The fraction of sp³-hybridized carbons (Fsp3) is 0.692. The summed E-state index contributed by atoms with van der Waals surface area (Å²) in [6.07, 6.45) is 8.72. The monoisotopic (exact) mass is 266 g/mol. The molecular formula is C13H22N4S. The molecule has 1 saturated carbocycles. The molecule has 0 spiro atoms. The summed E-state index contributed by atoms with van der Waals surface area (Å²) in [7, 11) is 0. The number of nitrogen functional groups attached to an aromatic ring is 1. The van der Waals surface area contributed by atoms with Gasteiger partial charge < -0.3 is 11.1 Å². The third-order valence-corrected chi connectivity index (χ3v) is 4.19. The van der Waals surface area contributed by atoms with Crippen molar-refractivity contribution in [1.29, 1.82) is 0 Å². The van der Waals surface area contributed by atoms with Crippen LogP contribution in [-0.4, -0.2) is 22.3 Å². The first kappa shape index (κ1) is 13.5. The lowest BCUT2D eigenvalue weighted by atomic mass is 9.84. The second kappa shape index (κ2) is 6.27. The Morgan fingerprint density at radius 1 is 1.33 bits per heavy atom. The molecule has 1 fully saturated rings. The van der Waals surface area contributed by atoms with Gasteiger partial charge in [-0.05, 0) is 31.9 Å². The summed E-state index contributed by atoms with van der Waals surface area (Å²) in [6, 6.07) is 2.27. The second-order valence-electron chi connectivity index (χ2n) is 5.00. The van der Waals surface area contributed by atoms with Crippen molar-refractivity contribution in [2.24, 2.45) is 5.92 Å². The van der Waals surface area contributed by atoms with E-state index in [1.165, 1.54) is 43.9 Å². The van der Waals surface area contributed by atoms with Crippen molar-refractivity contribution >= 4 is 23.4 Å². The van der Waals surface area contributed by atoms with Gasteiger partial charge in [-0.1, -0.05) is 31.0 Å². The molecule has 1 heterocycles. The van der Waals surface area contributed by atoms with Crippen molar-refractivity contribution < 1.29 is 0 Å². The number of nitrogens with zero attached hydrogens (tertiary/aromatic N) is 2. The summed E-state index contributed by atoms with van der Waals surface area (Å²) in [6.45, 7) is 2.24. The van der Waals surface area contributed by atoms with Gasteiger partial charge in [0, 0.05) is 12.1 Å². The summed E-state index contributed by atoms with van der Waals surface area (Å²) in [4.78, 5) is 8.61. The zero-order valence-electron chi connectivity index (χ0n) is 11.1. The van der Waals surface area contributed by atoms with E-state index in [9.17, 15) is 0 Å². The molecule has 1 aliphatic carbocycles. The predicted molar refractivity (Wildman–Crippen MR) is 77.9 cm³/mol. The molecule has 0 radical (unpaired) electrons. The highest BCUT2D eigenvalue weighted by atomic mass is 32.2. The first-order valence-electron chi connectivity index (χ1n) is 6.64. The van der Waals surface area contributed by atoms with Crippen LogP contribution >= 0.6 is 11.8 Å². The van der Waals surface area contributed by atoms with Crippen molar-refractivity contribution in [1.82, 2.24) is 9.97 Å². The van der Waals surface area contributed by atoms with E-state index >= 15 is 0 Å². The van der Waals surface area contributed by atoms with Crippen LogP contribution in [0.1, 0.15) is 39.0 Å². The Hall–Kier alpha value is -0.970. The zero-order chi connectivity index (χ0) is 13.0. The van der Waals surface area contributed by atoms with Gasteiger partial charge in [-0.2, -0.15) is 0 Å². The van der Waals surface area contributed by atoms with Gasteiger partial charge in [0.25, 0.3) is 0 Å². The molecule has 3 N–H and O–H groups in total. The van der Waals surface area contributed by atoms with Crippen LogP contribution in [0.3, 0.4) is 0 Å². The number of aromatic nitrogens is 2. The third-order valence-electron chi connectivity index (χ3n) is 3.64. The number of rotatable bonds is 4. The summed E-state index contributed by atoms with van der Waals surface area (Å²) < 4.78 is 0. The second-order valence-corrected chi connectivity index (χ2v) is 5.77. The largest absolute Gasteiger partial charge is 0.383 e. The molecule has 1 aromatic heterocycles. The molecule has 4 nitrogen and oxygen atoms in total. The van der Waals surface area contributed by atoms with E-state index in [4.69, 9.17) is 5.73 Å². The highest BCUT2D eigenvalue weighted by Crippen LogP contribution is 2.28. The maximum absolute atomic E-state index is 5.78. The van der Waals surface area contributed by atoms with Gasteiger partial charge in [0.1, 0.15) is 11.6 Å². The van der Waals surface area contributed by atoms with Gasteiger partial charge >= 0.3 is 0 Å². The minimum Gasteiger partial charge on any atom is -0.383 e. The van der Waals surface area contributed by atoms with Gasteiger partial charge in [0.2, 0.25) is 0 Å². The summed E-state index contributed by atoms with van der Waals surface area (Å²) in [5.41, 5.74) is 5.78. The zero-order valence-corrected chi connectivity index (χ0v) is 12.0. The summed E-state index contributed by atoms with van der Waals surface area (Å²) in [5.74, 6) is 2.14. The summed E-state index contributed by atoms with van der Waals surface area (Å²) in [5, 5.41) is 4.21. The standard InChI is InChI=1S/C13H22N4S/c1-9(10-6-4-3-5-7-10)15-12-8-11(14)16-13(17-12)18-2/h8-10H,3-7H2,1-2H3,(H3,14,15,16,17). The molecule has 5 heteroatoms. The van der Waals surface area contributed by atoms with Crippen molar-refractivity contribution in [3.8, 4) is 0 Å². The third kappa shape index (κ3) is 3.51. The van der Waals surface area contributed by atoms with E-state index in [0.717, 1.165) is 16.9 Å². The minimum absolute atomic E-state index is 0.453. The predicted octanol–water partition coefficient (Wildman–Crippen LogP) is 3.16. The van der Waals surface area contributed by atoms with Crippen LogP contribution in [0.15, 0.2) is 11.2 Å². The van der Waals surface area contributed by atoms with E-state index in [-0.39, 0.29) is 0 Å². The Balaban J connectivity index is 2.01. The van der Waals surface area contributed by atoms with Gasteiger partial charge in [-0.15, -0.1) is 0 Å². The molecule has 1 atom stereocenters. The molecule has 100 valence electrons. The van der Waals surface area contributed by atoms with Gasteiger partial charge in [-0.25, -0.2) is 9.97 Å². The van der Waals surface area contributed by atoms with Crippen LogP contribution in [0.5, 0.6) is 0 Å². The fourth-order valence-electron chi connectivity index (χ4n) is 2.59. The molecule has 1 unspecified atom stereocenters. The summed E-state index contributed by atoms with van der Waals surface area (Å²) >= 11 is 1.52. The van der Waals surface area contributed by atoms with Crippen molar-refractivity contribution in [3.63, 3.8) is 0 Å². The Morgan fingerprint density at radius 2 is 2.06 bits per heavy atom. The van der Waals surface area contributed by atoms with E-state index in [1.54, 1.807) is 0 Å². The van der Waals surface area contributed by atoms with Crippen LogP contribution in [0.25, 0.3) is 0 Å². The topological polar surface area (TPSA) is 63.8 Å². The lowest BCUT2D eigenvalue weighted by Gasteiger charge is -2.28. The highest BCUT2D eigenvalue weighted by Gasteiger charge is 2.20. The number of hydrogen-bond acceptors (Lipinski definition) is 5. The molecule has 0 aromatic carbocycles. The number of nitrogens with one attached hydrogen (secondary N) is 1. The minimum atomic E-state index is 0.453. The van der Waals surface area contributed by atoms with Gasteiger partial charge in [0.15, 0.2) is 5.16 Å². The molecular weight excluding hydrogens is 244 g/mol. The normalized spacial score (nSPS) is 18.6. The average molecular weight is 266 g/mol. The number of anilines is 2. The Morgan fingerprint density at radius 3 is 2.72 bits per heavy atom. The molecule has 18 heavy (non-hydrogen) atoms. The number of hydrogen-bond donors (Lipinski definition) is 2. The quantitative estimate of drug-likeness (QED) is 0.647. The van der Waals surface area contributed by atoms with Crippen molar-refractivity contribution in [3.05, 3.63) is 6.07 Å². The maximum atomic E-state index is 5.78. The smallest absolute Gasteiger partial charge is 0.191 e. The Bertz CT molecular complexity index is 391. The van der Waals surface area contributed by atoms with Crippen LogP contribution in [0.4, 0.5) is 11.6 Å². The molecule has 0 aliphatic heterocycles. The SMILES string of the molecule is CSc1nc(N)cc(NC(C)C2CCCCC2)n1. The molecule has 2 rings (SSSR count). The van der Waals surface area contributed by atoms with E-state index in [2.05, 4.69) is 22.2 Å². The number of nitrogens with two attached hydrogens (primary N) is 1. The Kier molecular flexibility index (Phi) is 4.69. The van der Waals surface area contributed by atoms with E-state index < -0.39 is 0 Å². The molecule has 0 amide bonds. The van der Waals surface area contributed by atoms with Crippen molar-refractivity contribution in [2.75, 3.05) is 17.3 Å².